The maximum atomic E-state index is 6.96. The zero-order valence-corrected chi connectivity index (χ0v) is 21.8. The predicted molar refractivity (Wildman–Crippen MR) is 133 cm³/mol. The molecule has 4 aliphatic carbocycles. The third-order valence-electron chi connectivity index (χ3n) is 11.6. The number of hydrogen-bond donors (Lipinski definition) is 0. The molecule has 6 rings (SSSR count). The van der Waals surface area contributed by atoms with Gasteiger partial charge in [0.1, 0.15) is 0 Å². The summed E-state index contributed by atoms with van der Waals surface area (Å²) < 4.78 is 13.5. The van der Waals surface area contributed by atoms with Gasteiger partial charge in [-0.05, 0) is 85.4 Å². The Hall–Kier alpha value is -0.870. The first-order chi connectivity index (χ1) is 15.7. The van der Waals surface area contributed by atoms with E-state index in [-0.39, 0.29) is 5.79 Å². The van der Waals surface area contributed by atoms with E-state index in [1.807, 2.05) is 0 Å². The molecule has 0 radical (unpaired) electrons. The second kappa shape index (κ2) is 7.56. The summed E-state index contributed by atoms with van der Waals surface area (Å²) in [5.74, 6) is 4.45. The van der Waals surface area contributed by atoms with Crippen molar-refractivity contribution in [3.05, 3.63) is 12.2 Å². The van der Waals surface area contributed by atoms with Crippen molar-refractivity contribution in [2.45, 2.75) is 91.0 Å². The monoisotopic (exact) mass is 454 g/mol. The third-order valence-corrected chi connectivity index (χ3v) is 11.6. The highest BCUT2D eigenvalue weighted by Crippen LogP contribution is 2.70. The van der Waals surface area contributed by atoms with Crippen molar-refractivity contribution in [1.29, 1.82) is 0 Å². The highest BCUT2D eigenvalue weighted by atomic mass is 16.7. The highest BCUT2D eigenvalue weighted by Gasteiger charge is 2.69. The van der Waals surface area contributed by atoms with Gasteiger partial charge < -0.3 is 14.5 Å². The SMILES string of the molecule is CC1CC[C@@]2(OC1)OC1C[C@H]3[C@@H]4C/C(=N\N(C)C)C5CC=CC[C@]5(C)[C@H]4CC[C@]3(C)C1[C@@H]2C. The van der Waals surface area contributed by atoms with Gasteiger partial charge in [-0.25, -0.2) is 0 Å². The summed E-state index contributed by atoms with van der Waals surface area (Å²) in [4.78, 5) is 0. The zero-order valence-electron chi connectivity index (χ0n) is 21.8. The van der Waals surface area contributed by atoms with E-state index >= 15 is 0 Å². The summed E-state index contributed by atoms with van der Waals surface area (Å²) in [6.45, 7) is 10.9. The number of nitrogens with zero attached hydrogens (tertiary/aromatic N) is 2. The summed E-state index contributed by atoms with van der Waals surface area (Å²) in [7, 11) is 4.19. The topological polar surface area (TPSA) is 34.1 Å². The van der Waals surface area contributed by atoms with Crippen LogP contribution < -0.4 is 0 Å². The molecule has 0 aromatic rings. The standard InChI is InChI=1S/C29H46N2O2/c1-18-10-14-29(32-17-18)19(2)26-25(33-29)16-23-20-15-24(30-31(5)6)22-9-7-8-12-27(22,3)21(20)11-13-28(23,26)4/h7-8,18-23,25-26H,9-17H2,1-6H3/b30-24+/t18?,19-,20+,21-,22?,23-,25?,26?,27+,28-,29+/m0/s1. The fourth-order valence-electron chi connectivity index (χ4n) is 10.1. The number of hydrazone groups is 1. The highest BCUT2D eigenvalue weighted by molar-refractivity contribution is 5.89. The minimum atomic E-state index is -0.304. The van der Waals surface area contributed by atoms with Gasteiger partial charge in [0.2, 0.25) is 0 Å². The van der Waals surface area contributed by atoms with Gasteiger partial charge in [0, 0.05) is 38.1 Å². The van der Waals surface area contributed by atoms with E-state index in [4.69, 9.17) is 14.6 Å². The Morgan fingerprint density at radius 1 is 1.03 bits per heavy atom. The Bertz CT molecular complexity index is 843. The third kappa shape index (κ3) is 3.11. The van der Waals surface area contributed by atoms with E-state index in [9.17, 15) is 0 Å². The van der Waals surface area contributed by atoms with E-state index in [0.717, 1.165) is 30.8 Å². The summed E-state index contributed by atoms with van der Waals surface area (Å²) in [6.07, 6.45) is 15.2. The van der Waals surface area contributed by atoms with Crippen LogP contribution in [0.3, 0.4) is 0 Å². The Morgan fingerprint density at radius 3 is 2.58 bits per heavy atom. The molecule has 4 unspecified atom stereocenters. The molecule has 184 valence electrons. The largest absolute Gasteiger partial charge is 0.349 e. The van der Waals surface area contributed by atoms with Gasteiger partial charge >= 0.3 is 0 Å². The van der Waals surface area contributed by atoms with Crippen LogP contribution >= 0.6 is 0 Å². The number of rotatable bonds is 1. The fourth-order valence-corrected chi connectivity index (χ4v) is 10.1. The average molecular weight is 455 g/mol. The number of ether oxygens (including phenoxy) is 2. The van der Waals surface area contributed by atoms with Gasteiger partial charge in [-0.3, -0.25) is 0 Å². The first-order valence-electron chi connectivity index (χ1n) is 13.9. The smallest absolute Gasteiger partial charge is 0.171 e. The van der Waals surface area contributed by atoms with E-state index in [0.29, 0.717) is 40.6 Å². The lowest BCUT2D eigenvalue weighted by molar-refractivity contribution is -0.272. The maximum Gasteiger partial charge on any atom is 0.171 e. The second-order valence-electron chi connectivity index (χ2n) is 13.5. The lowest BCUT2D eigenvalue weighted by Gasteiger charge is -2.60. The maximum absolute atomic E-state index is 6.96. The van der Waals surface area contributed by atoms with E-state index < -0.39 is 0 Å². The second-order valence-corrected chi connectivity index (χ2v) is 13.5. The molecule has 11 atom stereocenters. The quantitative estimate of drug-likeness (QED) is 0.353. The molecular formula is C29H46N2O2. The Kier molecular flexibility index (Phi) is 5.18. The van der Waals surface area contributed by atoms with Crippen molar-refractivity contribution in [1.82, 2.24) is 5.01 Å². The molecule has 0 N–H and O–H groups in total. The molecule has 5 fully saturated rings. The molecule has 1 spiro atoms. The van der Waals surface area contributed by atoms with Crippen molar-refractivity contribution in [3.63, 3.8) is 0 Å². The number of fused-ring (bicyclic) bond motifs is 7. The summed E-state index contributed by atoms with van der Waals surface area (Å²) in [5.41, 5.74) is 2.21. The molecule has 0 aromatic heterocycles. The molecule has 4 nitrogen and oxygen atoms in total. The number of allylic oxidation sites excluding steroid dienone is 2. The lowest BCUT2D eigenvalue weighted by atomic mass is 9.44. The average Bonchev–Trinajstić information content (AvgIpc) is 3.21. The Balaban J connectivity index is 1.32. The van der Waals surface area contributed by atoms with Crippen LogP contribution in [0.25, 0.3) is 0 Å². The van der Waals surface area contributed by atoms with Crippen molar-refractivity contribution < 1.29 is 9.47 Å². The molecular weight excluding hydrogens is 408 g/mol. The van der Waals surface area contributed by atoms with E-state index in [2.05, 4.69) is 59.0 Å². The molecule has 0 amide bonds. The van der Waals surface area contributed by atoms with Crippen molar-refractivity contribution >= 4 is 5.71 Å². The Labute approximate surface area is 201 Å². The molecule has 2 heterocycles. The van der Waals surface area contributed by atoms with Gasteiger partial charge in [0.25, 0.3) is 0 Å². The van der Waals surface area contributed by atoms with Gasteiger partial charge in [-0.2, -0.15) is 5.10 Å². The van der Waals surface area contributed by atoms with Crippen LogP contribution in [-0.2, 0) is 9.47 Å². The predicted octanol–water partition coefficient (Wildman–Crippen LogP) is 6.13. The lowest BCUT2D eigenvalue weighted by Crippen LogP contribution is -2.56. The summed E-state index contributed by atoms with van der Waals surface area (Å²) >= 11 is 0. The Morgan fingerprint density at radius 2 is 1.85 bits per heavy atom. The molecule has 3 saturated carbocycles. The van der Waals surface area contributed by atoms with Crippen LogP contribution in [-0.4, -0.2) is 43.3 Å². The van der Waals surface area contributed by atoms with Gasteiger partial charge in [0.15, 0.2) is 5.79 Å². The van der Waals surface area contributed by atoms with Crippen LogP contribution in [0.15, 0.2) is 17.3 Å². The van der Waals surface area contributed by atoms with Gasteiger partial charge in [-0.1, -0.05) is 39.8 Å². The van der Waals surface area contributed by atoms with Crippen molar-refractivity contribution in [3.8, 4) is 0 Å². The molecule has 33 heavy (non-hydrogen) atoms. The molecule has 4 heteroatoms. The zero-order chi connectivity index (χ0) is 23.2. The van der Waals surface area contributed by atoms with Crippen LogP contribution in [0, 0.1) is 52.3 Å². The number of hydrogen-bond acceptors (Lipinski definition) is 4. The van der Waals surface area contributed by atoms with Crippen molar-refractivity contribution in [2.24, 2.45) is 57.4 Å². The molecule has 2 aliphatic heterocycles. The molecule has 2 saturated heterocycles. The normalized spacial score (nSPS) is 56.4. The fraction of sp³-hybridized carbons (Fsp3) is 0.897. The summed E-state index contributed by atoms with van der Waals surface area (Å²) in [6, 6.07) is 0. The van der Waals surface area contributed by atoms with Crippen LogP contribution in [0.4, 0.5) is 0 Å². The van der Waals surface area contributed by atoms with Gasteiger partial charge in [0.05, 0.1) is 12.7 Å². The first-order valence-corrected chi connectivity index (χ1v) is 13.9. The first kappa shape index (κ1) is 22.6. The summed E-state index contributed by atoms with van der Waals surface area (Å²) in [5, 5.41) is 7.17. The van der Waals surface area contributed by atoms with Gasteiger partial charge in [-0.15, -0.1) is 0 Å². The van der Waals surface area contributed by atoms with E-state index in [1.165, 1.54) is 50.7 Å². The van der Waals surface area contributed by atoms with Crippen LogP contribution in [0.5, 0.6) is 0 Å². The van der Waals surface area contributed by atoms with Crippen molar-refractivity contribution in [2.75, 3.05) is 20.7 Å². The van der Waals surface area contributed by atoms with Crippen LogP contribution in [0.1, 0.15) is 79.1 Å². The minimum absolute atomic E-state index is 0.304. The molecule has 0 aromatic carbocycles. The van der Waals surface area contributed by atoms with Crippen LogP contribution in [0.2, 0.25) is 0 Å². The van der Waals surface area contributed by atoms with E-state index in [1.54, 1.807) is 0 Å². The molecule has 6 aliphatic rings. The molecule has 0 bridgehead atoms. The minimum Gasteiger partial charge on any atom is -0.349 e.